The van der Waals surface area contributed by atoms with Crippen LogP contribution in [-0.4, -0.2) is 49.1 Å². The van der Waals surface area contributed by atoms with Crippen LogP contribution in [-0.2, 0) is 6.42 Å². The molecule has 2 fully saturated rings. The topological polar surface area (TPSA) is 6.48 Å². The Labute approximate surface area is 134 Å². The van der Waals surface area contributed by atoms with Crippen molar-refractivity contribution in [3.05, 3.63) is 35.6 Å². The van der Waals surface area contributed by atoms with Crippen LogP contribution < -0.4 is 0 Å². The van der Waals surface area contributed by atoms with E-state index in [-0.39, 0.29) is 5.82 Å². The maximum Gasteiger partial charge on any atom is 0.123 e. The Morgan fingerprint density at radius 1 is 1.05 bits per heavy atom. The first-order valence-electron chi connectivity index (χ1n) is 8.88. The van der Waals surface area contributed by atoms with Gasteiger partial charge in [0.25, 0.3) is 0 Å². The van der Waals surface area contributed by atoms with Gasteiger partial charge in [-0.05, 0) is 88.8 Å². The lowest BCUT2D eigenvalue weighted by atomic mass is 9.89. The van der Waals surface area contributed by atoms with Gasteiger partial charge in [0.2, 0.25) is 0 Å². The second-order valence-electron chi connectivity index (χ2n) is 7.20. The summed E-state index contributed by atoms with van der Waals surface area (Å²) in [6, 6.07) is 7.85. The Balaban J connectivity index is 1.47. The minimum Gasteiger partial charge on any atom is -0.306 e. The van der Waals surface area contributed by atoms with Crippen molar-refractivity contribution in [1.29, 1.82) is 0 Å². The number of nitrogens with zero attached hydrogens (tertiary/aromatic N) is 2. The van der Waals surface area contributed by atoms with Gasteiger partial charge in [-0.25, -0.2) is 4.39 Å². The summed E-state index contributed by atoms with van der Waals surface area (Å²) >= 11 is 0. The monoisotopic (exact) mass is 304 g/mol. The predicted molar refractivity (Wildman–Crippen MR) is 89.5 cm³/mol. The van der Waals surface area contributed by atoms with Crippen molar-refractivity contribution in [3.63, 3.8) is 0 Å². The summed E-state index contributed by atoms with van der Waals surface area (Å²) in [5, 5.41) is 0. The number of benzene rings is 1. The lowest BCUT2D eigenvalue weighted by molar-refractivity contribution is 0.0766. The molecule has 3 rings (SSSR count). The van der Waals surface area contributed by atoms with Crippen molar-refractivity contribution >= 4 is 0 Å². The molecule has 2 saturated heterocycles. The van der Waals surface area contributed by atoms with E-state index in [1.54, 1.807) is 12.1 Å². The van der Waals surface area contributed by atoms with Crippen LogP contribution in [0.5, 0.6) is 0 Å². The van der Waals surface area contributed by atoms with Crippen molar-refractivity contribution in [2.75, 3.05) is 33.2 Å². The Hall–Kier alpha value is -0.930. The van der Waals surface area contributed by atoms with E-state index in [2.05, 4.69) is 16.8 Å². The largest absolute Gasteiger partial charge is 0.306 e. The highest BCUT2D eigenvalue weighted by atomic mass is 19.1. The normalized spacial score (nSPS) is 25.5. The van der Waals surface area contributed by atoms with Crippen molar-refractivity contribution in [3.8, 4) is 0 Å². The number of hydrogen-bond acceptors (Lipinski definition) is 2. The van der Waals surface area contributed by atoms with Crippen molar-refractivity contribution in [1.82, 2.24) is 9.80 Å². The highest BCUT2D eigenvalue weighted by Crippen LogP contribution is 2.26. The molecule has 1 aromatic carbocycles. The Morgan fingerprint density at radius 3 is 2.50 bits per heavy atom. The predicted octanol–water partition coefficient (Wildman–Crippen LogP) is 3.56. The van der Waals surface area contributed by atoms with Gasteiger partial charge in [0.05, 0.1) is 0 Å². The Kier molecular flexibility index (Phi) is 5.48. The maximum absolute atomic E-state index is 13.0. The fourth-order valence-electron chi connectivity index (χ4n) is 4.05. The molecule has 0 aromatic heterocycles. The second kappa shape index (κ2) is 7.56. The molecular formula is C19H29FN2. The molecule has 0 radical (unpaired) electrons. The molecule has 0 spiro atoms. The fourth-order valence-corrected chi connectivity index (χ4v) is 4.05. The average molecular weight is 304 g/mol. The maximum atomic E-state index is 13.0. The molecule has 22 heavy (non-hydrogen) atoms. The van der Waals surface area contributed by atoms with Crippen LogP contribution in [0.15, 0.2) is 24.3 Å². The van der Waals surface area contributed by atoms with Gasteiger partial charge >= 0.3 is 0 Å². The summed E-state index contributed by atoms with van der Waals surface area (Å²) in [6.45, 7) is 5.07. The molecule has 1 atom stereocenters. The number of piperidine rings is 2. The van der Waals surface area contributed by atoms with Gasteiger partial charge < -0.3 is 9.80 Å². The Morgan fingerprint density at radius 2 is 1.77 bits per heavy atom. The molecule has 0 bridgehead atoms. The standard InChI is InChI=1S/C19H29FN2/c1-21-13-10-19(11-14-21)22-12-2-3-17(15-22)5-4-16-6-8-18(20)9-7-16/h6-9,17,19H,2-5,10-15H2,1H3/t17-/m1/s1. The molecule has 122 valence electrons. The van der Waals surface area contributed by atoms with Crippen LogP contribution in [0.1, 0.15) is 37.7 Å². The number of rotatable bonds is 4. The van der Waals surface area contributed by atoms with Crippen LogP contribution in [0.2, 0.25) is 0 Å². The molecule has 0 aliphatic carbocycles. The van der Waals surface area contributed by atoms with Gasteiger partial charge in [0.15, 0.2) is 0 Å². The third kappa shape index (κ3) is 4.30. The average Bonchev–Trinajstić information content (AvgIpc) is 2.55. The summed E-state index contributed by atoms with van der Waals surface area (Å²) in [4.78, 5) is 5.21. The first-order valence-corrected chi connectivity index (χ1v) is 8.88. The van der Waals surface area contributed by atoms with E-state index in [1.165, 1.54) is 63.8 Å². The zero-order valence-electron chi connectivity index (χ0n) is 13.8. The molecule has 0 N–H and O–H groups in total. The highest BCUT2D eigenvalue weighted by Gasteiger charge is 2.27. The van der Waals surface area contributed by atoms with E-state index in [0.717, 1.165) is 18.4 Å². The molecule has 2 aliphatic rings. The Bertz CT molecular complexity index is 451. The third-order valence-electron chi connectivity index (χ3n) is 5.51. The number of halogens is 1. The SMILES string of the molecule is CN1CCC(N2CCC[C@H](CCc3ccc(F)cc3)C2)CC1. The quantitative estimate of drug-likeness (QED) is 0.839. The van der Waals surface area contributed by atoms with E-state index in [4.69, 9.17) is 0 Å². The van der Waals surface area contributed by atoms with Gasteiger partial charge in [-0.1, -0.05) is 12.1 Å². The van der Waals surface area contributed by atoms with Gasteiger partial charge in [-0.15, -0.1) is 0 Å². The van der Waals surface area contributed by atoms with Crippen molar-refractivity contribution in [2.24, 2.45) is 5.92 Å². The van der Waals surface area contributed by atoms with E-state index < -0.39 is 0 Å². The highest BCUT2D eigenvalue weighted by molar-refractivity contribution is 5.16. The van der Waals surface area contributed by atoms with E-state index >= 15 is 0 Å². The summed E-state index contributed by atoms with van der Waals surface area (Å²) in [5.74, 6) is 0.688. The van der Waals surface area contributed by atoms with E-state index in [0.29, 0.717) is 0 Å². The van der Waals surface area contributed by atoms with Crippen molar-refractivity contribution in [2.45, 2.75) is 44.6 Å². The van der Waals surface area contributed by atoms with Gasteiger partial charge in [-0.3, -0.25) is 0 Å². The van der Waals surface area contributed by atoms with Crippen LogP contribution >= 0.6 is 0 Å². The summed E-state index contributed by atoms with van der Waals surface area (Å²) in [5.41, 5.74) is 1.28. The van der Waals surface area contributed by atoms with Crippen LogP contribution in [0.25, 0.3) is 0 Å². The van der Waals surface area contributed by atoms with E-state index in [1.807, 2.05) is 12.1 Å². The zero-order chi connectivity index (χ0) is 15.4. The molecule has 3 heteroatoms. The number of aryl methyl sites for hydroxylation is 1. The van der Waals surface area contributed by atoms with Crippen LogP contribution in [0, 0.1) is 11.7 Å². The molecule has 2 nitrogen and oxygen atoms in total. The molecule has 2 heterocycles. The van der Waals surface area contributed by atoms with Gasteiger partial charge in [0.1, 0.15) is 5.82 Å². The van der Waals surface area contributed by atoms with Gasteiger partial charge in [-0.2, -0.15) is 0 Å². The molecule has 2 aliphatic heterocycles. The molecule has 0 unspecified atom stereocenters. The minimum atomic E-state index is -0.130. The first kappa shape index (κ1) is 15.9. The third-order valence-corrected chi connectivity index (χ3v) is 5.51. The smallest absolute Gasteiger partial charge is 0.123 e. The molecule has 0 amide bonds. The minimum absolute atomic E-state index is 0.130. The number of likely N-dealkylation sites (tertiary alicyclic amines) is 2. The van der Waals surface area contributed by atoms with Crippen molar-refractivity contribution < 1.29 is 4.39 Å². The molecular weight excluding hydrogens is 275 g/mol. The van der Waals surface area contributed by atoms with Gasteiger partial charge in [0, 0.05) is 12.6 Å². The first-order chi connectivity index (χ1) is 10.7. The van der Waals surface area contributed by atoms with Crippen LogP contribution in [0.3, 0.4) is 0 Å². The molecule has 1 aromatic rings. The lowest BCUT2D eigenvalue weighted by Gasteiger charge is -2.41. The second-order valence-corrected chi connectivity index (χ2v) is 7.20. The fraction of sp³-hybridized carbons (Fsp3) is 0.684. The zero-order valence-corrected chi connectivity index (χ0v) is 13.8. The van der Waals surface area contributed by atoms with Crippen LogP contribution in [0.4, 0.5) is 4.39 Å². The molecule has 0 saturated carbocycles. The lowest BCUT2D eigenvalue weighted by Crippen LogP contribution is -2.47. The summed E-state index contributed by atoms with van der Waals surface area (Å²) < 4.78 is 13.0. The van der Waals surface area contributed by atoms with E-state index in [9.17, 15) is 4.39 Å². The number of hydrogen-bond donors (Lipinski definition) is 0. The summed E-state index contributed by atoms with van der Waals surface area (Å²) in [6.07, 6.45) is 7.72. The summed E-state index contributed by atoms with van der Waals surface area (Å²) in [7, 11) is 2.23.